The SMILES string of the molecule is CCCCCCCCCCCCCCCCCC(=O)c1c(C)c(CCC(=O)OC)n(Cc2ccc(C=CC(=O)O)cc2)c1C. The molecule has 0 aliphatic rings. The third-order valence-electron chi connectivity index (χ3n) is 8.72. The molecule has 0 radical (unpaired) electrons. The number of nitrogens with zero attached hydrogens (tertiary/aromatic N) is 1. The van der Waals surface area contributed by atoms with E-state index in [2.05, 4.69) is 11.5 Å². The molecule has 0 aliphatic heterocycles. The third kappa shape index (κ3) is 13.7. The molecular weight excluding hydrogens is 550 g/mol. The van der Waals surface area contributed by atoms with Crippen molar-refractivity contribution < 1.29 is 24.2 Å². The van der Waals surface area contributed by atoms with Gasteiger partial charge in [-0.1, -0.05) is 121 Å². The predicted molar refractivity (Wildman–Crippen MR) is 180 cm³/mol. The number of carbonyl (C=O) groups is 3. The number of carbonyl (C=O) groups excluding carboxylic acids is 2. The zero-order valence-electron chi connectivity index (χ0n) is 27.9. The van der Waals surface area contributed by atoms with Crippen LogP contribution in [0.25, 0.3) is 6.08 Å². The standard InChI is InChI=1S/C38H57NO5/c1-5-6-7-8-9-10-11-12-13-14-15-16-17-18-19-20-35(40)38-30(2)34(26-28-37(43)44-4)39(31(38)3)29-33-23-21-32(22-24-33)25-27-36(41)42/h21-25,27H,5-20,26,28-29H2,1-4H3,(H,41,42). The van der Waals surface area contributed by atoms with Crippen molar-refractivity contribution in [3.63, 3.8) is 0 Å². The molecule has 0 unspecified atom stereocenters. The lowest BCUT2D eigenvalue weighted by Crippen LogP contribution is -2.10. The molecule has 0 bridgehead atoms. The number of unbranched alkanes of at least 4 members (excludes halogenated alkanes) is 14. The number of hydrogen-bond donors (Lipinski definition) is 1. The number of hydrogen-bond acceptors (Lipinski definition) is 4. The summed E-state index contributed by atoms with van der Waals surface area (Å²) in [5.41, 5.74) is 5.51. The predicted octanol–water partition coefficient (Wildman–Crippen LogP) is 9.80. The summed E-state index contributed by atoms with van der Waals surface area (Å²) < 4.78 is 7.03. The van der Waals surface area contributed by atoms with Crippen LogP contribution < -0.4 is 0 Å². The van der Waals surface area contributed by atoms with Crippen LogP contribution in [0.4, 0.5) is 0 Å². The zero-order chi connectivity index (χ0) is 32.2. The van der Waals surface area contributed by atoms with Gasteiger partial charge in [0, 0.05) is 36.0 Å². The van der Waals surface area contributed by atoms with E-state index in [9.17, 15) is 14.4 Å². The summed E-state index contributed by atoms with van der Waals surface area (Å²) in [5.74, 6) is -1.07. The molecule has 44 heavy (non-hydrogen) atoms. The summed E-state index contributed by atoms with van der Waals surface area (Å²) in [4.78, 5) is 36.2. The van der Waals surface area contributed by atoms with Crippen molar-refractivity contribution in [1.29, 1.82) is 0 Å². The average Bonchev–Trinajstić information content (AvgIpc) is 3.24. The van der Waals surface area contributed by atoms with E-state index >= 15 is 0 Å². The monoisotopic (exact) mass is 607 g/mol. The van der Waals surface area contributed by atoms with Crippen LogP contribution in [0.15, 0.2) is 30.3 Å². The van der Waals surface area contributed by atoms with Gasteiger partial charge >= 0.3 is 11.9 Å². The van der Waals surface area contributed by atoms with Crippen molar-refractivity contribution in [2.45, 2.75) is 143 Å². The highest BCUT2D eigenvalue weighted by molar-refractivity contribution is 5.99. The largest absolute Gasteiger partial charge is 0.478 e. The minimum atomic E-state index is -0.982. The molecule has 0 amide bonds. The van der Waals surface area contributed by atoms with Gasteiger partial charge < -0.3 is 14.4 Å². The van der Waals surface area contributed by atoms with E-state index in [1.165, 1.54) is 90.6 Å². The fourth-order valence-corrected chi connectivity index (χ4v) is 6.09. The van der Waals surface area contributed by atoms with Gasteiger partial charge in [-0.3, -0.25) is 9.59 Å². The highest BCUT2D eigenvalue weighted by atomic mass is 16.5. The zero-order valence-corrected chi connectivity index (χ0v) is 27.9. The molecule has 0 aliphatic carbocycles. The number of benzene rings is 1. The topological polar surface area (TPSA) is 85.6 Å². The van der Waals surface area contributed by atoms with Gasteiger partial charge in [0.2, 0.25) is 0 Å². The Hall–Kier alpha value is -3.15. The molecule has 0 saturated carbocycles. The van der Waals surface area contributed by atoms with E-state index in [1.54, 1.807) is 6.08 Å². The van der Waals surface area contributed by atoms with E-state index in [0.717, 1.165) is 52.6 Å². The number of rotatable bonds is 24. The quantitative estimate of drug-likeness (QED) is 0.0556. The highest BCUT2D eigenvalue weighted by Gasteiger charge is 2.23. The van der Waals surface area contributed by atoms with E-state index < -0.39 is 5.97 Å². The summed E-state index contributed by atoms with van der Waals surface area (Å²) in [6, 6.07) is 7.71. The van der Waals surface area contributed by atoms with Gasteiger partial charge in [-0.25, -0.2) is 4.79 Å². The van der Waals surface area contributed by atoms with E-state index in [4.69, 9.17) is 9.84 Å². The number of aromatic nitrogens is 1. The molecule has 0 atom stereocenters. The first-order valence-corrected chi connectivity index (χ1v) is 17.1. The fraction of sp³-hybridized carbons (Fsp3) is 0.605. The first-order valence-electron chi connectivity index (χ1n) is 17.1. The smallest absolute Gasteiger partial charge is 0.328 e. The van der Waals surface area contributed by atoms with Crippen LogP contribution in [0.2, 0.25) is 0 Å². The Morgan fingerprint density at radius 3 is 1.80 bits per heavy atom. The summed E-state index contributed by atoms with van der Waals surface area (Å²) in [6.45, 7) is 6.83. The highest BCUT2D eigenvalue weighted by Crippen LogP contribution is 2.27. The molecule has 1 N–H and O–H groups in total. The van der Waals surface area contributed by atoms with Crippen molar-refractivity contribution in [3.8, 4) is 0 Å². The van der Waals surface area contributed by atoms with Crippen molar-refractivity contribution in [2.75, 3.05) is 7.11 Å². The van der Waals surface area contributed by atoms with Crippen molar-refractivity contribution in [3.05, 3.63) is 64.0 Å². The minimum absolute atomic E-state index is 0.182. The van der Waals surface area contributed by atoms with Crippen LogP contribution in [0, 0.1) is 13.8 Å². The number of ketones is 1. The molecule has 2 aromatic rings. The Labute approximate surface area is 266 Å². The number of carboxylic acids is 1. The van der Waals surface area contributed by atoms with Gasteiger partial charge in [-0.15, -0.1) is 0 Å². The lowest BCUT2D eigenvalue weighted by molar-refractivity contribution is -0.140. The Bertz CT molecular complexity index is 1170. The minimum Gasteiger partial charge on any atom is -0.478 e. The maximum atomic E-state index is 13.4. The molecular formula is C38H57NO5. The molecule has 0 fully saturated rings. The van der Waals surface area contributed by atoms with Gasteiger partial charge in [0.15, 0.2) is 5.78 Å². The summed E-state index contributed by atoms with van der Waals surface area (Å²) >= 11 is 0. The van der Waals surface area contributed by atoms with Gasteiger partial charge in [0.05, 0.1) is 13.5 Å². The molecule has 2 rings (SSSR count). The van der Waals surface area contributed by atoms with Crippen LogP contribution in [-0.4, -0.2) is 34.5 Å². The number of carboxylic acid groups (broad SMARTS) is 1. The van der Waals surface area contributed by atoms with Crippen LogP contribution in [0.3, 0.4) is 0 Å². The number of methoxy groups -OCH3 is 1. The van der Waals surface area contributed by atoms with Gasteiger partial charge in [0.25, 0.3) is 0 Å². The van der Waals surface area contributed by atoms with Gasteiger partial charge in [0.1, 0.15) is 0 Å². The van der Waals surface area contributed by atoms with Gasteiger partial charge in [-0.05, 0) is 49.5 Å². The number of Topliss-reactive ketones (excluding diaryl/α,β-unsaturated/α-hetero) is 1. The normalized spacial score (nSPS) is 11.4. The maximum Gasteiger partial charge on any atom is 0.328 e. The Morgan fingerprint density at radius 1 is 0.773 bits per heavy atom. The summed E-state index contributed by atoms with van der Waals surface area (Å²) in [5, 5.41) is 8.88. The van der Waals surface area contributed by atoms with Crippen LogP contribution >= 0.6 is 0 Å². The number of ether oxygens (including phenoxy) is 1. The second-order valence-corrected chi connectivity index (χ2v) is 12.2. The molecule has 1 aromatic carbocycles. The van der Waals surface area contributed by atoms with E-state index in [1.807, 2.05) is 38.1 Å². The van der Waals surface area contributed by atoms with Crippen molar-refractivity contribution in [2.24, 2.45) is 0 Å². The van der Waals surface area contributed by atoms with Crippen molar-refractivity contribution in [1.82, 2.24) is 4.57 Å². The van der Waals surface area contributed by atoms with Crippen molar-refractivity contribution >= 4 is 23.8 Å². The number of aliphatic carboxylic acids is 1. The van der Waals surface area contributed by atoms with E-state index in [-0.39, 0.29) is 18.2 Å². The molecule has 0 saturated heterocycles. The average molecular weight is 608 g/mol. The third-order valence-corrected chi connectivity index (χ3v) is 8.72. The molecule has 0 spiro atoms. The summed E-state index contributed by atoms with van der Waals surface area (Å²) in [7, 11) is 1.39. The first kappa shape index (κ1) is 37.0. The molecule has 1 aromatic heterocycles. The van der Waals surface area contributed by atoms with Crippen LogP contribution in [-0.2, 0) is 27.3 Å². The first-order chi connectivity index (χ1) is 21.3. The Morgan fingerprint density at radius 2 is 1.30 bits per heavy atom. The second-order valence-electron chi connectivity index (χ2n) is 12.2. The van der Waals surface area contributed by atoms with Crippen LogP contribution in [0.1, 0.15) is 155 Å². The number of esters is 1. The molecule has 244 valence electrons. The molecule has 6 nitrogen and oxygen atoms in total. The summed E-state index contributed by atoms with van der Waals surface area (Å²) in [6.07, 6.45) is 23.5. The Balaban J connectivity index is 1.86. The second kappa shape index (κ2) is 21.5. The Kier molecular flexibility index (Phi) is 18.1. The molecule has 6 heteroatoms. The van der Waals surface area contributed by atoms with Crippen LogP contribution in [0.5, 0.6) is 0 Å². The lowest BCUT2D eigenvalue weighted by atomic mass is 9.99. The van der Waals surface area contributed by atoms with Gasteiger partial charge in [-0.2, -0.15) is 0 Å². The lowest BCUT2D eigenvalue weighted by Gasteiger charge is -2.13. The molecule has 1 heterocycles. The maximum absolute atomic E-state index is 13.4. The van der Waals surface area contributed by atoms with E-state index in [0.29, 0.717) is 19.4 Å². The fourth-order valence-electron chi connectivity index (χ4n) is 6.09.